The summed E-state index contributed by atoms with van der Waals surface area (Å²) in [5, 5.41) is 17.7. The molecule has 44 heavy (non-hydrogen) atoms. The highest BCUT2D eigenvalue weighted by Gasteiger charge is 2.16. The maximum Gasteiger partial charge on any atom is 0.341 e. The minimum atomic E-state index is -0.715. The van der Waals surface area contributed by atoms with Crippen LogP contribution in [0.4, 0.5) is 10.5 Å². The Morgan fingerprint density at radius 2 is 1.41 bits per heavy atom. The lowest BCUT2D eigenvalue weighted by atomic mass is 10.2. The molecule has 1 aromatic rings. The van der Waals surface area contributed by atoms with E-state index in [9.17, 15) is 19.5 Å². The highest BCUT2D eigenvalue weighted by molar-refractivity contribution is 5.96. The molecule has 1 aromatic carbocycles. The Labute approximate surface area is 263 Å². The number of phenolic OH excluding ortho intramolecular Hbond substituents is 1. The second kappa shape index (κ2) is 25.4. The van der Waals surface area contributed by atoms with Crippen molar-refractivity contribution in [1.29, 1.82) is 0 Å². The molecule has 0 aliphatic carbocycles. The van der Waals surface area contributed by atoms with Crippen LogP contribution < -0.4 is 16.0 Å². The number of anilines is 1. The zero-order valence-electron chi connectivity index (χ0n) is 26.6. The summed E-state index contributed by atoms with van der Waals surface area (Å²) in [5.74, 6) is -1.18. The van der Waals surface area contributed by atoms with Gasteiger partial charge in [0, 0.05) is 25.4 Å². The predicted octanol–water partition coefficient (Wildman–Crippen LogP) is 7.13. The first-order valence-electron chi connectivity index (χ1n) is 15.5. The third-order valence-electron chi connectivity index (χ3n) is 6.27. The number of hydrogen-bond donors (Lipinski definition) is 4. The lowest BCUT2D eigenvalue weighted by Gasteiger charge is -2.16. The van der Waals surface area contributed by atoms with E-state index in [4.69, 9.17) is 4.74 Å². The van der Waals surface area contributed by atoms with Gasteiger partial charge in [-0.25, -0.2) is 9.59 Å². The minimum Gasteiger partial charge on any atom is -0.507 e. The van der Waals surface area contributed by atoms with Crippen molar-refractivity contribution in [3.05, 3.63) is 84.5 Å². The van der Waals surface area contributed by atoms with Crippen molar-refractivity contribution in [1.82, 2.24) is 10.6 Å². The van der Waals surface area contributed by atoms with E-state index < -0.39 is 18.1 Å². The van der Waals surface area contributed by atoms with Crippen LogP contribution in [0.25, 0.3) is 0 Å². The number of carbonyl (C=O) groups is 3. The summed E-state index contributed by atoms with van der Waals surface area (Å²) in [4.78, 5) is 36.2. The molecule has 0 aliphatic heterocycles. The molecule has 9 heteroatoms. The number of urea groups is 1. The fourth-order valence-corrected chi connectivity index (χ4v) is 3.88. The van der Waals surface area contributed by atoms with E-state index in [2.05, 4.69) is 88.4 Å². The Morgan fingerprint density at radius 3 is 2.00 bits per heavy atom. The minimum absolute atomic E-state index is 0.0580. The maximum atomic E-state index is 12.4. The first-order chi connectivity index (χ1) is 21.4. The first kappa shape index (κ1) is 37.9. The van der Waals surface area contributed by atoms with Gasteiger partial charge in [-0.3, -0.25) is 4.79 Å². The molecule has 0 radical (unpaired) electrons. The monoisotopic (exact) mass is 609 g/mol. The van der Waals surface area contributed by atoms with Crippen molar-refractivity contribution in [2.24, 2.45) is 0 Å². The zero-order chi connectivity index (χ0) is 32.3. The first-order valence-corrected chi connectivity index (χ1v) is 15.5. The van der Waals surface area contributed by atoms with E-state index in [-0.39, 0.29) is 30.3 Å². The zero-order valence-corrected chi connectivity index (χ0v) is 26.6. The number of phenols is 1. The van der Waals surface area contributed by atoms with Crippen LogP contribution in [-0.2, 0) is 14.3 Å². The van der Waals surface area contributed by atoms with Crippen LogP contribution >= 0.6 is 0 Å². The van der Waals surface area contributed by atoms with Gasteiger partial charge in [-0.1, -0.05) is 74.6 Å². The number of methoxy groups -OCH3 is 1. The molecule has 242 valence electrons. The molecule has 1 atom stereocenters. The molecule has 1 rings (SSSR count). The number of carbonyl (C=O) groups excluding carboxylic acids is 3. The van der Waals surface area contributed by atoms with E-state index in [1.165, 1.54) is 25.3 Å². The van der Waals surface area contributed by atoms with Gasteiger partial charge in [0.05, 0.1) is 7.11 Å². The molecule has 0 saturated heterocycles. The van der Waals surface area contributed by atoms with Crippen molar-refractivity contribution in [3.8, 4) is 5.75 Å². The molecular weight excluding hydrogens is 558 g/mol. The lowest BCUT2D eigenvalue weighted by molar-refractivity contribution is -0.133. The Kier molecular flexibility index (Phi) is 21.9. The van der Waals surface area contributed by atoms with Gasteiger partial charge in [-0.2, -0.15) is 0 Å². The number of aromatic hydroxyl groups is 1. The van der Waals surface area contributed by atoms with Crippen molar-refractivity contribution in [3.63, 3.8) is 0 Å². The smallest absolute Gasteiger partial charge is 0.341 e. The van der Waals surface area contributed by atoms with Gasteiger partial charge in [0.2, 0.25) is 5.91 Å². The van der Waals surface area contributed by atoms with E-state index >= 15 is 0 Å². The van der Waals surface area contributed by atoms with Gasteiger partial charge in [-0.15, -0.1) is 0 Å². The molecular formula is C35H51N3O6. The van der Waals surface area contributed by atoms with E-state index in [0.717, 1.165) is 51.4 Å². The summed E-state index contributed by atoms with van der Waals surface area (Å²) in [5.41, 5.74) is 0.253. The number of esters is 1. The molecule has 4 N–H and O–H groups in total. The van der Waals surface area contributed by atoms with Gasteiger partial charge in [0.25, 0.3) is 0 Å². The topological polar surface area (TPSA) is 126 Å². The number of amides is 3. The molecule has 3 amide bonds. The molecule has 0 aromatic heterocycles. The third-order valence-corrected chi connectivity index (χ3v) is 6.27. The molecule has 0 saturated carbocycles. The maximum absolute atomic E-state index is 12.4. The fourth-order valence-electron chi connectivity index (χ4n) is 3.88. The number of ether oxygens (including phenoxy) is 2. The van der Waals surface area contributed by atoms with Gasteiger partial charge in [0.1, 0.15) is 17.4 Å². The van der Waals surface area contributed by atoms with Gasteiger partial charge in [-0.05, 0) is 76.0 Å². The van der Waals surface area contributed by atoms with Gasteiger partial charge in [0.15, 0.2) is 0 Å². The lowest BCUT2D eigenvalue weighted by Crippen LogP contribution is -2.41. The number of rotatable bonds is 22. The van der Waals surface area contributed by atoms with Crippen LogP contribution in [0, 0.1) is 0 Å². The number of unbranched alkanes of at least 4 members (excludes halogenated alkanes) is 2. The van der Waals surface area contributed by atoms with E-state index in [1.807, 2.05) is 6.92 Å². The van der Waals surface area contributed by atoms with E-state index in [0.29, 0.717) is 18.7 Å². The number of nitrogens with one attached hydrogen (secondary N) is 3. The fraction of sp³-hybridized carbons (Fsp3) is 0.457. The van der Waals surface area contributed by atoms with Crippen LogP contribution in [0.5, 0.6) is 5.75 Å². The Morgan fingerprint density at radius 1 is 0.818 bits per heavy atom. The molecule has 0 aliphatic rings. The summed E-state index contributed by atoms with van der Waals surface area (Å²) < 4.78 is 10.4. The average molecular weight is 610 g/mol. The van der Waals surface area contributed by atoms with Gasteiger partial charge >= 0.3 is 12.0 Å². The second-order valence-corrected chi connectivity index (χ2v) is 9.87. The average Bonchev–Trinajstić information content (AvgIpc) is 3.02. The quantitative estimate of drug-likeness (QED) is 0.0479. The molecule has 9 nitrogen and oxygen atoms in total. The highest BCUT2D eigenvalue weighted by atomic mass is 16.5. The SMILES string of the molecule is CC/C=C\C/C=C\C/C=C\C/C=C\C/C=C\CCCCOC(CC)C(=O)NCCNC(=O)Nc1ccc(O)c(C(=O)OC)c1. The van der Waals surface area contributed by atoms with Crippen LogP contribution in [0.15, 0.2) is 79.0 Å². The summed E-state index contributed by atoms with van der Waals surface area (Å²) in [7, 11) is 1.20. The molecule has 0 heterocycles. The van der Waals surface area contributed by atoms with Crippen LogP contribution in [-0.4, -0.2) is 55.9 Å². The van der Waals surface area contributed by atoms with Crippen molar-refractivity contribution in [2.75, 3.05) is 32.1 Å². The summed E-state index contributed by atoms with van der Waals surface area (Å²) in [6.07, 6.45) is 29.7. The van der Waals surface area contributed by atoms with Crippen LogP contribution in [0.1, 0.15) is 82.0 Å². The second-order valence-electron chi connectivity index (χ2n) is 9.87. The van der Waals surface area contributed by atoms with Crippen LogP contribution in [0.2, 0.25) is 0 Å². The molecule has 0 fully saturated rings. The van der Waals surface area contributed by atoms with Gasteiger partial charge < -0.3 is 30.5 Å². The van der Waals surface area contributed by atoms with Crippen molar-refractivity contribution in [2.45, 2.75) is 77.7 Å². The predicted molar refractivity (Wildman–Crippen MR) is 178 cm³/mol. The Hall–Kier alpha value is -4.11. The summed E-state index contributed by atoms with van der Waals surface area (Å²) in [6.45, 7) is 4.98. The molecule has 0 bridgehead atoms. The number of benzene rings is 1. The Bertz CT molecular complexity index is 1120. The number of allylic oxidation sites excluding steroid dienone is 10. The van der Waals surface area contributed by atoms with E-state index in [1.54, 1.807) is 0 Å². The summed E-state index contributed by atoms with van der Waals surface area (Å²) in [6, 6.07) is 3.54. The van der Waals surface area contributed by atoms with Crippen molar-refractivity contribution >= 4 is 23.6 Å². The molecule has 1 unspecified atom stereocenters. The highest BCUT2D eigenvalue weighted by Crippen LogP contribution is 2.22. The molecule has 0 spiro atoms. The Balaban J connectivity index is 2.12. The number of hydrogen-bond acceptors (Lipinski definition) is 6. The largest absolute Gasteiger partial charge is 0.507 e. The standard InChI is InChI=1S/C35H51N3O6/c1-4-6-7-8-9-10-11-12-13-14-15-16-17-18-19-20-21-22-27-44-32(5-2)33(40)36-25-26-37-35(42)38-29-23-24-31(39)30(28-29)34(41)43-3/h6-7,9-10,12-13,15-16,18-19,23-24,28,32,39H,4-5,8,11,14,17,20-22,25-27H2,1-3H3,(H,36,40)(H2,37,38,42)/b7-6-,10-9-,13-12-,16-15-,19-18-. The third kappa shape index (κ3) is 18.4. The summed E-state index contributed by atoms with van der Waals surface area (Å²) >= 11 is 0. The van der Waals surface area contributed by atoms with Crippen molar-refractivity contribution < 1.29 is 29.0 Å². The van der Waals surface area contributed by atoms with Crippen LogP contribution in [0.3, 0.4) is 0 Å². The normalized spacial score (nSPS) is 12.5.